The molecule has 1 aliphatic carbocycles. The van der Waals surface area contributed by atoms with Gasteiger partial charge in [-0.25, -0.2) is 4.39 Å². The van der Waals surface area contributed by atoms with Crippen LogP contribution >= 0.6 is 11.6 Å². The number of benzene rings is 1. The summed E-state index contributed by atoms with van der Waals surface area (Å²) in [6.07, 6.45) is 2.29. The molecule has 1 aromatic carbocycles. The van der Waals surface area contributed by atoms with Crippen LogP contribution in [-0.2, 0) is 4.79 Å². The highest BCUT2D eigenvalue weighted by molar-refractivity contribution is 6.33. The van der Waals surface area contributed by atoms with Crippen molar-refractivity contribution in [2.24, 2.45) is 5.92 Å². The third-order valence-electron chi connectivity index (χ3n) is 3.90. The molecule has 0 aromatic heterocycles. The number of hydrogen-bond acceptors (Lipinski definition) is 2. The van der Waals surface area contributed by atoms with E-state index in [0.29, 0.717) is 31.2 Å². The molecule has 0 saturated heterocycles. The van der Waals surface area contributed by atoms with Crippen LogP contribution in [-0.4, -0.2) is 23.0 Å². The summed E-state index contributed by atoms with van der Waals surface area (Å²) in [5.74, 6) is -2.02. The van der Waals surface area contributed by atoms with Gasteiger partial charge in [-0.2, -0.15) is 0 Å². The van der Waals surface area contributed by atoms with Gasteiger partial charge >= 0.3 is 5.97 Å². The van der Waals surface area contributed by atoms with Gasteiger partial charge in [-0.1, -0.05) is 11.6 Å². The molecule has 0 atom stereocenters. The summed E-state index contributed by atoms with van der Waals surface area (Å²) < 4.78 is 13.5. The lowest BCUT2D eigenvalue weighted by atomic mass is 9.86. The summed E-state index contributed by atoms with van der Waals surface area (Å²) in [6.45, 7) is 1.58. The monoisotopic (exact) mass is 313 g/mol. The Balaban J connectivity index is 2.00. The first-order valence-electron chi connectivity index (χ1n) is 6.87. The molecular formula is C15H17ClFNO3. The molecule has 0 radical (unpaired) electrons. The summed E-state index contributed by atoms with van der Waals surface area (Å²) >= 11 is 5.97. The molecule has 4 nitrogen and oxygen atoms in total. The predicted molar refractivity (Wildman–Crippen MR) is 77.0 cm³/mol. The average Bonchev–Trinajstić information content (AvgIpc) is 2.43. The SMILES string of the molecule is Cc1cc(Cl)c(C(=O)NC2CCC(C(=O)O)CC2)cc1F. The molecule has 1 aromatic rings. The van der Waals surface area contributed by atoms with Crippen LogP contribution in [0.5, 0.6) is 0 Å². The Morgan fingerprint density at radius 3 is 2.48 bits per heavy atom. The first-order valence-corrected chi connectivity index (χ1v) is 7.25. The highest BCUT2D eigenvalue weighted by Crippen LogP contribution is 2.25. The number of carboxylic acids is 1. The summed E-state index contributed by atoms with van der Waals surface area (Å²) in [7, 11) is 0. The lowest BCUT2D eigenvalue weighted by Crippen LogP contribution is -2.38. The fraction of sp³-hybridized carbons (Fsp3) is 0.467. The molecule has 2 N–H and O–H groups in total. The maximum Gasteiger partial charge on any atom is 0.306 e. The quantitative estimate of drug-likeness (QED) is 0.900. The van der Waals surface area contributed by atoms with Crippen molar-refractivity contribution in [1.82, 2.24) is 5.32 Å². The van der Waals surface area contributed by atoms with Gasteiger partial charge in [-0.05, 0) is 50.3 Å². The molecule has 1 fully saturated rings. The molecule has 1 saturated carbocycles. The fourth-order valence-corrected chi connectivity index (χ4v) is 2.87. The standard InChI is InChI=1S/C15H17ClFNO3/c1-8-6-12(16)11(7-13(8)17)14(19)18-10-4-2-9(3-5-10)15(20)21/h6-7,9-10H,2-5H2,1H3,(H,18,19)(H,20,21). The summed E-state index contributed by atoms with van der Waals surface area (Å²) in [6, 6.07) is 2.47. The van der Waals surface area contributed by atoms with Crippen molar-refractivity contribution >= 4 is 23.5 Å². The predicted octanol–water partition coefficient (Wildman–Crippen LogP) is 3.16. The van der Waals surface area contributed by atoms with Crippen molar-refractivity contribution < 1.29 is 19.1 Å². The van der Waals surface area contributed by atoms with E-state index in [1.165, 1.54) is 6.07 Å². The number of amides is 1. The second-order valence-corrected chi connectivity index (χ2v) is 5.85. The molecule has 0 aliphatic heterocycles. The smallest absolute Gasteiger partial charge is 0.306 e. The van der Waals surface area contributed by atoms with Crippen molar-refractivity contribution in [2.45, 2.75) is 38.6 Å². The Hall–Kier alpha value is -1.62. The van der Waals surface area contributed by atoms with Crippen LogP contribution in [0.2, 0.25) is 5.02 Å². The van der Waals surface area contributed by atoms with Gasteiger partial charge < -0.3 is 10.4 Å². The van der Waals surface area contributed by atoms with E-state index < -0.39 is 17.7 Å². The van der Waals surface area contributed by atoms with E-state index in [0.717, 1.165) is 6.07 Å². The topological polar surface area (TPSA) is 66.4 Å². The van der Waals surface area contributed by atoms with Gasteiger partial charge in [0, 0.05) is 6.04 Å². The third-order valence-corrected chi connectivity index (χ3v) is 4.22. The average molecular weight is 314 g/mol. The number of nitrogens with one attached hydrogen (secondary N) is 1. The number of carbonyl (C=O) groups excluding carboxylic acids is 1. The molecule has 21 heavy (non-hydrogen) atoms. The largest absolute Gasteiger partial charge is 0.481 e. The molecule has 2 rings (SSSR count). The van der Waals surface area contributed by atoms with E-state index in [2.05, 4.69) is 5.32 Å². The molecule has 0 spiro atoms. The van der Waals surface area contributed by atoms with Gasteiger partial charge in [0.25, 0.3) is 5.91 Å². The normalized spacial score (nSPS) is 21.9. The zero-order chi connectivity index (χ0) is 15.6. The third kappa shape index (κ3) is 3.73. The lowest BCUT2D eigenvalue weighted by molar-refractivity contribution is -0.142. The maximum atomic E-state index is 13.5. The van der Waals surface area contributed by atoms with E-state index in [-0.39, 0.29) is 22.5 Å². The van der Waals surface area contributed by atoms with E-state index in [4.69, 9.17) is 16.7 Å². The highest BCUT2D eigenvalue weighted by Gasteiger charge is 2.27. The highest BCUT2D eigenvalue weighted by atomic mass is 35.5. The van der Waals surface area contributed by atoms with Crippen molar-refractivity contribution in [3.8, 4) is 0 Å². The van der Waals surface area contributed by atoms with Crippen molar-refractivity contribution in [3.63, 3.8) is 0 Å². The van der Waals surface area contributed by atoms with Gasteiger partial charge in [-0.3, -0.25) is 9.59 Å². The fourth-order valence-electron chi connectivity index (χ4n) is 2.57. The summed E-state index contributed by atoms with van der Waals surface area (Å²) in [5, 5.41) is 11.9. The molecule has 1 amide bonds. The maximum absolute atomic E-state index is 13.5. The van der Waals surface area contributed by atoms with Crippen LogP contribution in [0.15, 0.2) is 12.1 Å². The van der Waals surface area contributed by atoms with Gasteiger partial charge in [0.05, 0.1) is 16.5 Å². The van der Waals surface area contributed by atoms with E-state index >= 15 is 0 Å². The van der Waals surface area contributed by atoms with Crippen LogP contribution in [0, 0.1) is 18.7 Å². The van der Waals surface area contributed by atoms with Crippen molar-refractivity contribution in [3.05, 3.63) is 34.1 Å². The molecule has 114 valence electrons. The second-order valence-electron chi connectivity index (χ2n) is 5.44. The number of carboxylic acid groups (broad SMARTS) is 1. The second kappa shape index (κ2) is 6.43. The number of halogens is 2. The van der Waals surface area contributed by atoms with E-state index in [1.54, 1.807) is 6.92 Å². The van der Waals surface area contributed by atoms with Gasteiger partial charge in [0.2, 0.25) is 0 Å². The number of aryl methyl sites for hydroxylation is 1. The zero-order valence-electron chi connectivity index (χ0n) is 11.7. The Bertz CT molecular complexity index is 568. The minimum absolute atomic E-state index is 0.0893. The number of hydrogen-bond donors (Lipinski definition) is 2. The Morgan fingerprint density at radius 2 is 1.90 bits per heavy atom. The summed E-state index contributed by atoms with van der Waals surface area (Å²) in [4.78, 5) is 23.0. The molecule has 0 bridgehead atoms. The van der Waals surface area contributed by atoms with Crippen molar-refractivity contribution in [1.29, 1.82) is 0 Å². The van der Waals surface area contributed by atoms with Crippen LogP contribution in [0.1, 0.15) is 41.6 Å². The van der Waals surface area contributed by atoms with Gasteiger partial charge in [-0.15, -0.1) is 0 Å². The Kier molecular flexibility index (Phi) is 4.83. The molecule has 0 unspecified atom stereocenters. The Morgan fingerprint density at radius 1 is 1.29 bits per heavy atom. The van der Waals surface area contributed by atoms with Crippen molar-refractivity contribution in [2.75, 3.05) is 0 Å². The number of aliphatic carboxylic acids is 1. The number of rotatable bonds is 3. The first-order chi connectivity index (χ1) is 9.88. The van der Waals surface area contributed by atoms with Crippen LogP contribution < -0.4 is 5.32 Å². The van der Waals surface area contributed by atoms with Crippen LogP contribution in [0.3, 0.4) is 0 Å². The molecular weight excluding hydrogens is 297 g/mol. The van der Waals surface area contributed by atoms with Crippen LogP contribution in [0.4, 0.5) is 4.39 Å². The molecule has 0 heterocycles. The van der Waals surface area contributed by atoms with Gasteiger partial charge in [0.15, 0.2) is 0 Å². The van der Waals surface area contributed by atoms with Gasteiger partial charge in [0.1, 0.15) is 5.82 Å². The van der Waals surface area contributed by atoms with E-state index in [9.17, 15) is 14.0 Å². The minimum Gasteiger partial charge on any atom is -0.481 e. The summed E-state index contributed by atoms with van der Waals surface area (Å²) in [5.41, 5.74) is 0.499. The lowest BCUT2D eigenvalue weighted by Gasteiger charge is -2.27. The Labute approximate surface area is 127 Å². The van der Waals surface area contributed by atoms with E-state index in [1.807, 2.05) is 0 Å². The zero-order valence-corrected chi connectivity index (χ0v) is 12.4. The molecule has 6 heteroatoms. The van der Waals surface area contributed by atoms with Crippen LogP contribution in [0.25, 0.3) is 0 Å². The molecule has 1 aliphatic rings. The minimum atomic E-state index is -0.788. The number of carbonyl (C=O) groups is 2. The first kappa shape index (κ1) is 15.8.